The summed E-state index contributed by atoms with van der Waals surface area (Å²) in [6, 6.07) is 27.1. The van der Waals surface area contributed by atoms with Gasteiger partial charge >= 0.3 is 0 Å². The molecule has 1 heterocycles. The first kappa shape index (κ1) is 15.8. The van der Waals surface area contributed by atoms with Gasteiger partial charge in [-0.3, -0.25) is 4.79 Å². The molecule has 4 rings (SSSR count). The van der Waals surface area contributed by atoms with Crippen LogP contribution in [0, 0.1) is 0 Å². The number of hydrogen-bond acceptors (Lipinski definition) is 2. The van der Waals surface area contributed by atoms with Crippen molar-refractivity contribution in [1.82, 2.24) is 5.32 Å². The highest BCUT2D eigenvalue weighted by atomic mass is 79.9. The van der Waals surface area contributed by atoms with E-state index in [1.54, 1.807) is 0 Å². The van der Waals surface area contributed by atoms with Crippen LogP contribution in [-0.4, -0.2) is 11.7 Å². The van der Waals surface area contributed by atoms with E-state index in [0.29, 0.717) is 5.84 Å². The van der Waals surface area contributed by atoms with Crippen LogP contribution in [0.4, 0.5) is 0 Å². The van der Waals surface area contributed by atoms with Crippen molar-refractivity contribution < 1.29 is 4.79 Å². The summed E-state index contributed by atoms with van der Waals surface area (Å²) < 4.78 is 0.943. The van der Waals surface area contributed by atoms with Gasteiger partial charge in [0.15, 0.2) is 5.54 Å². The number of carbonyl (C=O) groups is 1. The van der Waals surface area contributed by atoms with Gasteiger partial charge in [-0.1, -0.05) is 88.7 Å². The van der Waals surface area contributed by atoms with Gasteiger partial charge in [-0.2, -0.15) is 0 Å². The number of benzene rings is 3. The lowest BCUT2D eigenvalue weighted by molar-refractivity contribution is -0.122. The zero-order valence-corrected chi connectivity index (χ0v) is 14.9. The molecule has 0 atom stereocenters. The van der Waals surface area contributed by atoms with Gasteiger partial charge in [0.2, 0.25) is 0 Å². The van der Waals surface area contributed by atoms with Crippen molar-refractivity contribution in [3.63, 3.8) is 0 Å². The van der Waals surface area contributed by atoms with E-state index in [0.717, 1.165) is 21.2 Å². The van der Waals surface area contributed by atoms with Crippen LogP contribution in [0.3, 0.4) is 0 Å². The minimum Gasteiger partial charge on any atom is -0.308 e. The van der Waals surface area contributed by atoms with Crippen molar-refractivity contribution in [2.75, 3.05) is 0 Å². The van der Waals surface area contributed by atoms with E-state index < -0.39 is 5.54 Å². The van der Waals surface area contributed by atoms with E-state index in [1.807, 2.05) is 84.9 Å². The fraction of sp³-hybridized carbons (Fsp3) is 0.0476. The van der Waals surface area contributed by atoms with Crippen molar-refractivity contribution in [1.29, 1.82) is 0 Å². The van der Waals surface area contributed by atoms with Crippen molar-refractivity contribution >= 4 is 27.7 Å². The van der Waals surface area contributed by atoms with E-state index in [4.69, 9.17) is 4.99 Å². The first-order chi connectivity index (χ1) is 12.2. The zero-order chi connectivity index (χ0) is 17.3. The molecule has 1 aliphatic rings. The summed E-state index contributed by atoms with van der Waals surface area (Å²) in [4.78, 5) is 18.0. The molecule has 122 valence electrons. The standard InChI is InChI=1S/C21H15BrN2O/c22-18-13-7-8-15(14-18)19-23-20(25)21(24-19,16-9-3-1-4-10-16)17-11-5-2-6-12-17/h1-14H,(H,23,24,25). The fourth-order valence-electron chi connectivity index (χ4n) is 3.13. The first-order valence-electron chi connectivity index (χ1n) is 7.98. The largest absolute Gasteiger partial charge is 0.308 e. The predicted molar refractivity (Wildman–Crippen MR) is 102 cm³/mol. The number of carbonyl (C=O) groups excluding carboxylic acids is 1. The summed E-state index contributed by atoms with van der Waals surface area (Å²) in [5.41, 5.74) is 1.50. The number of halogens is 1. The Morgan fingerprint density at radius 3 is 1.96 bits per heavy atom. The highest BCUT2D eigenvalue weighted by Crippen LogP contribution is 2.37. The second-order valence-electron chi connectivity index (χ2n) is 5.87. The summed E-state index contributed by atoms with van der Waals surface area (Å²) in [7, 11) is 0. The van der Waals surface area contributed by atoms with Crippen molar-refractivity contribution in [3.8, 4) is 0 Å². The van der Waals surface area contributed by atoms with Gasteiger partial charge in [-0.25, -0.2) is 4.99 Å². The summed E-state index contributed by atoms with van der Waals surface area (Å²) in [5.74, 6) is 0.443. The maximum absolute atomic E-state index is 13.1. The molecule has 0 aliphatic carbocycles. The van der Waals surface area contributed by atoms with Crippen molar-refractivity contribution in [2.24, 2.45) is 4.99 Å². The monoisotopic (exact) mass is 390 g/mol. The Labute approximate surface area is 154 Å². The highest BCUT2D eigenvalue weighted by molar-refractivity contribution is 9.10. The van der Waals surface area contributed by atoms with Crippen molar-refractivity contribution in [3.05, 3.63) is 106 Å². The molecule has 1 N–H and O–H groups in total. The molecule has 0 saturated carbocycles. The molecule has 1 aliphatic heterocycles. The molecule has 0 fully saturated rings. The number of amidine groups is 1. The number of amides is 1. The fourth-order valence-corrected chi connectivity index (χ4v) is 3.53. The molecule has 3 aromatic carbocycles. The van der Waals surface area contributed by atoms with E-state index in [2.05, 4.69) is 21.2 Å². The number of nitrogens with one attached hydrogen (secondary N) is 1. The van der Waals surface area contributed by atoms with Crippen LogP contribution in [0.2, 0.25) is 0 Å². The molecular weight excluding hydrogens is 376 g/mol. The summed E-state index contributed by atoms with van der Waals surface area (Å²) >= 11 is 3.48. The maximum Gasteiger partial charge on any atom is 0.262 e. The molecule has 0 unspecified atom stereocenters. The van der Waals surface area contributed by atoms with Crippen molar-refractivity contribution in [2.45, 2.75) is 5.54 Å². The number of nitrogens with zero attached hydrogens (tertiary/aromatic N) is 1. The Hall–Kier alpha value is -2.72. The molecular formula is C21H15BrN2O. The molecule has 0 bridgehead atoms. The van der Waals surface area contributed by atoms with Crippen LogP contribution >= 0.6 is 15.9 Å². The minimum atomic E-state index is -1.07. The first-order valence-corrected chi connectivity index (χ1v) is 8.78. The van der Waals surface area contributed by atoms with Crippen LogP contribution in [-0.2, 0) is 10.3 Å². The van der Waals surface area contributed by atoms with Gasteiger partial charge in [0.25, 0.3) is 5.91 Å². The normalized spacial score (nSPS) is 15.6. The maximum atomic E-state index is 13.1. The summed E-state index contributed by atoms with van der Waals surface area (Å²) in [6.07, 6.45) is 0. The highest BCUT2D eigenvalue weighted by Gasteiger charge is 2.46. The molecule has 4 heteroatoms. The second-order valence-corrected chi connectivity index (χ2v) is 6.78. The van der Waals surface area contributed by atoms with Crippen LogP contribution < -0.4 is 5.32 Å². The van der Waals surface area contributed by atoms with Crippen LogP contribution in [0.25, 0.3) is 0 Å². The molecule has 0 radical (unpaired) electrons. The van der Waals surface area contributed by atoms with E-state index in [-0.39, 0.29) is 5.91 Å². The summed E-state index contributed by atoms with van der Waals surface area (Å²) in [5, 5.41) is 2.98. The Kier molecular flexibility index (Phi) is 3.98. The quantitative estimate of drug-likeness (QED) is 0.712. The van der Waals surface area contributed by atoms with E-state index in [1.165, 1.54) is 0 Å². The lowest BCUT2D eigenvalue weighted by Crippen LogP contribution is -2.38. The Bertz CT molecular complexity index is 912. The minimum absolute atomic E-state index is 0.139. The van der Waals surface area contributed by atoms with Gasteiger partial charge in [0.05, 0.1) is 0 Å². The third kappa shape index (κ3) is 2.68. The van der Waals surface area contributed by atoms with Gasteiger partial charge in [-0.15, -0.1) is 0 Å². The molecule has 0 aromatic heterocycles. The lowest BCUT2D eigenvalue weighted by Gasteiger charge is -2.24. The predicted octanol–water partition coefficient (Wildman–Crippen LogP) is 4.27. The molecule has 0 saturated heterocycles. The Morgan fingerprint density at radius 2 is 1.40 bits per heavy atom. The van der Waals surface area contributed by atoms with Crippen LogP contribution in [0.15, 0.2) is 94.4 Å². The smallest absolute Gasteiger partial charge is 0.262 e. The molecule has 1 amide bonds. The molecule has 25 heavy (non-hydrogen) atoms. The third-order valence-corrected chi connectivity index (χ3v) is 4.81. The molecule has 3 aromatic rings. The van der Waals surface area contributed by atoms with Gasteiger partial charge < -0.3 is 5.32 Å². The lowest BCUT2D eigenvalue weighted by atomic mass is 9.83. The molecule has 3 nitrogen and oxygen atoms in total. The number of rotatable bonds is 3. The van der Waals surface area contributed by atoms with E-state index in [9.17, 15) is 4.79 Å². The zero-order valence-electron chi connectivity index (χ0n) is 13.3. The summed E-state index contributed by atoms with van der Waals surface area (Å²) in [6.45, 7) is 0. The second kappa shape index (κ2) is 6.30. The van der Waals surface area contributed by atoms with Crippen LogP contribution in [0.5, 0.6) is 0 Å². The van der Waals surface area contributed by atoms with E-state index >= 15 is 0 Å². The Morgan fingerprint density at radius 1 is 0.800 bits per heavy atom. The third-order valence-electron chi connectivity index (χ3n) is 4.32. The average molecular weight is 391 g/mol. The average Bonchev–Trinajstić information content (AvgIpc) is 3.02. The Balaban J connectivity index is 1.94. The van der Waals surface area contributed by atoms with Crippen LogP contribution in [0.1, 0.15) is 16.7 Å². The number of aliphatic imine (C=N–C) groups is 1. The molecule has 0 spiro atoms. The van der Waals surface area contributed by atoms with Gasteiger partial charge in [-0.05, 0) is 23.3 Å². The SMILES string of the molecule is O=C1NC(c2cccc(Br)c2)=NC1(c1ccccc1)c1ccccc1. The number of hydrogen-bond donors (Lipinski definition) is 1. The van der Waals surface area contributed by atoms with Gasteiger partial charge in [0.1, 0.15) is 5.84 Å². The topological polar surface area (TPSA) is 41.5 Å². The van der Waals surface area contributed by atoms with Gasteiger partial charge in [0, 0.05) is 10.0 Å².